The van der Waals surface area contributed by atoms with Gasteiger partial charge < -0.3 is 28.6 Å². The Labute approximate surface area is 249 Å². The molecule has 2 aromatic rings. The highest BCUT2D eigenvalue weighted by molar-refractivity contribution is 5.76. The van der Waals surface area contributed by atoms with Crippen LogP contribution < -0.4 is 18.9 Å². The van der Waals surface area contributed by atoms with Crippen molar-refractivity contribution in [3.63, 3.8) is 0 Å². The first-order valence-corrected chi connectivity index (χ1v) is 14.9. The van der Waals surface area contributed by atoms with Crippen molar-refractivity contribution in [3.05, 3.63) is 46.5 Å². The number of hydrogen-bond donors (Lipinski definition) is 0. The molecule has 9 heteroatoms. The van der Waals surface area contributed by atoms with Crippen LogP contribution in [0.3, 0.4) is 0 Å². The molecule has 0 saturated heterocycles. The first kappa shape index (κ1) is 30.0. The van der Waals surface area contributed by atoms with Gasteiger partial charge in [0.1, 0.15) is 0 Å². The highest BCUT2D eigenvalue weighted by atomic mass is 16.5. The van der Waals surface area contributed by atoms with Gasteiger partial charge in [-0.3, -0.25) is 14.5 Å². The van der Waals surface area contributed by atoms with E-state index in [1.54, 1.807) is 35.4 Å². The standard InChI is InChI=1S/C33H44N2O7/c1-8-42-32(37)23-9-12-33(25-19-30(41-7)28(39-5)17-22(25)11-14-35(33)20(2)36)26(15-23)31-24-18-29(40-6)27(38-4)16-21(24)10-13-34(31)3/h16-19,23,26,31H,8-15H2,1-7H3/t23-,26+,31?,33+/m1/s1. The minimum Gasteiger partial charge on any atom is -0.493 e. The maximum absolute atomic E-state index is 13.5. The SMILES string of the molecule is CCOC(=O)[C@@H]1CC[C@]2(c3cc(OC)c(OC)cc3CCN2C(C)=O)[C@H](C2c3cc(OC)c(OC)cc3CCN2C)C1. The molecule has 1 unspecified atom stereocenters. The minimum absolute atomic E-state index is 0.0287. The Morgan fingerprint density at radius 2 is 1.48 bits per heavy atom. The van der Waals surface area contributed by atoms with Crippen LogP contribution in [0.2, 0.25) is 0 Å². The van der Waals surface area contributed by atoms with Crippen molar-refractivity contribution in [1.82, 2.24) is 9.80 Å². The Hall–Kier alpha value is -3.46. The number of methoxy groups -OCH3 is 4. The topological polar surface area (TPSA) is 86.8 Å². The third-order valence-corrected chi connectivity index (χ3v) is 9.74. The molecule has 4 atom stereocenters. The molecule has 1 aliphatic carbocycles. The number of ether oxygens (including phenoxy) is 5. The van der Waals surface area contributed by atoms with Crippen molar-refractivity contribution in [2.45, 2.75) is 57.5 Å². The Morgan fingerprint density at radius 3 is 2.10 bits per heavy atom. The van der Waals surface area contributed by atoms with Gasteiger partial charge >= 0.3 is 5.97 Å². The molecule has 0 aromatic heterocycles. The molecule has 1 fully saturated rings. The molecule has 2 aliphatic heterocycles. The molecular weight excluding hydrogens is 536 g/mol. The predicted molar refractivity (Wildman–Crippen MR) is 158 cm³/mol. The van der Waals surface area contributed by atoms with Crippen LogP contribution in [-0.2, 0) is 32.7 Å². The van der Waals surface area contributed by atoms with Crippen molar-refractivity contribution in [1.29, 1.82) is 0 Å². The van der Waals surface area contributed by atoms with E-state index in [1.165, 1.54) is 5.56 Å². The van der Waals surface area contributed by atoms with E-state index < -0.39 is 5.54 Å². The number of fused-ring (bicyclic) bond motifs is 3. The number of nitrogens with zero attached hydrogens (tertiary/aromatic N) is 2. The summed E-state index contributed by atoms with van der Waals surface area (Å²) >= 11 is 0. The lowest BCUT2D eigenvalue weighted by molar-refractivity contribution is -0.157. The van der Waals surface area contributed by atoms with E-state index in [4.69, 9.17) is 23.7 Å². The van der Waals surface area contributed by atoms with Crippen LogP contribution in [0.5, 0.6) is 23.0 Å². The number of benzene rings is 2. The van der Waals surface area contributed by atoms with E-state index in [1.807, 2.05) is 6.92 Å². The van der Waals surface area contributed by atoms with Gasteiger partial charge in [-0.1, -0.05) is 0 Å². The Bertz CT molecular complexity index is 1340. The van der Waals surface area contributed by atoms with Gasteiger partial charge in [0.2, 0.25) is 5.91 Å². The maximum Gasteiger partial charge on any atom is 0.308 e. The van der Waals surface area contributed by atoms with Crippen molar-refractivity contribution in [2.24, 2.45) is 11.8 Å². The summed E-state index contributed by atoms with van der Waals surface area (Å²) in [5, 5.41) is 0. The first-order chi connectivity index (χ1) is 20.2. The highest BCUT2D eigenvalue weighted by Gasteiger charge is 2.57. The van der Waals surface area contributed by atoms with E-state index in [-0.39, 0.29) is 29.8 Å². The number of carbonyl (C=O) groups is 2. The molecule has 5 rings (SSSR count). The summed E-state index contributed by atoms with van der Waals surface area (Å²) < 4.78 is 28.5. The summed E-state index contributed by atoms with van der Waals surface area (Å²) in [6.07, 6.45) is 3.42. The summed E-state index contributed by atoms with van der Waals surface area (Å²) in [6, 6.07) is 8.21. The Balaban J connectivity index is 1.77. The molecule has 1 saturated carbocycles. The zero-order valence-corrected chi connectivity index (χ0v) is 26.0. The average molecular weight is 581 g/mol. The molecule has 9 nitrogen and oxygen atoms in total. The van der Waals surface area contributed by atoms with Crippen LogP contribution in [0.4, 0.5) is 0 Å². The Morgan fingerprint density at radius 1 is 0.881 bits per heavy atom. The predicted octanol–water partition coefficient (Wildman–Crippen LogP) is 4.53. The van der Waals surface area contributed by atoms with Crippen LogP contribution in [0.15, 0.2) is 24.3 Å². The molecule has 2 heterocycles. The monoisotopic (exact) mass is 580 g/mol. The molecule has 42 heavy (non-hydrogen) atoms. The zero-order chi connectivity index (χ0) is 30.2. The summed E-state index contributed by atoms with van der Waals surface area (Å²) in [7, 11) is 8.74. The van der Waals surface area contributed by atoms with Gasteiger partial charge in [0, 0.05) is 32.0 Å². The molecule has 0 bridgehead atoms. The number of likely N-dealkylation sites (N-methyl/N-ethyl adjacent to an activating group) is 1. The van der Waals surface area contributed by atoms with Crippen LogP contribution in [0, 0.1) is 11.8 Å². The van der Waals surface area contributed by atoms with Crippen LogP contribution in [0.25, 0.3) is 0 Å². The second kappa shape index (κ2) is 12.0. The molecule has 3 aliphatic rings. The average Bonchev–Trinajstić information content (AvgIpc) is 3.00. The van der Waals surface area contributed by atoms with Crippen molar-refractivity contribution in [3.8, 4) is 23.0 Å². The normalized spacial score (nSPS) is 25.3. The third-order valence-electron chi connectivity index (χ3n) is 9.74. The lowest BCUT2D eigenvalue weighted by Crippen LogP contribution is -2.62. The van der Waals surface area contributed by atoms with Gasteiger partial charge in [-0.2, -0.15) is 0 Å². The summed E-state index contributed by atoms with van der Waals surface area (Å²) in [5.41, 5.74) is 3.90. The van der Waals surface area contributed by atoms with Crippen LogP contribution in [-0.4, -0.2) is 76.9 Å². The quantitative estimate of drug-likeness (QED) is 0.442. The molecular formula is C33H44N2O7. The third kappa shape index (κ3) is 4.85. The maximum atomic E-state index is 13.5. The summed E-state index contributed by atoms with van der Waals surface area (Å²) in [4.78, 5) is 31.3. The largest absolute Gasteiger partial charge is 0.493 e. The summed E-state index contributed by atoms with van der Waals surface area (Å²) in [6.45, 7) is 5.28. The van der Waals surface area contributed by atoms with Crippen molar-refractivity contribution in [2.75, 3.05) is 55.2 Å². The van der Waals surface area contributed by atoms with Gasteiger partial charge in [0.05, 0.1) is 46.5 Å². The smallest absolute Gasteiger partial charge is 0.308 e. The molecule has 2 aromatic carbocycles. The van der Waals surface area contributed by atoms with E-state index in [2.05, 4.69) is 41.1 Å². The minimum atomic E-state index is -0.664. The molecule has 1 spiro atoms. The number of esters is 1. The molecule has 1 amide bonds. The lowest BCUT2D eigenvalue weighted by Gasteiger charge is -2.59. The van der Waals surface area contributed by atoms with Gasteiger partial charge in [-0.15, -0.1) is 0 Å². The molecule has 0 N–H and O–H groups in total. The fourth-order valence-corrected chi connectivity index (χ4v) is 7.91. The fourth-order valence-electron chi connectivity index (χ4n) is 7.91. The number of amides is 1. The van der Waals surface area contributed by atoms with Gasteiger partial charge in [-0.25, -0.2) is 0 Å². The van der Waals surface area contributed by atoms with Crippen LogP contribution in [0.1, 0.15) is 61.4 Å². The molecule has 228 valence electrons. The summed E-state index contributed by atoms with van der Waals surface area (Å²) in [5.74, 6) is 2.16. The van der Waals surface area contributed by atoms with E-state index >= 15 is 0 Å². The van der Waals surface area contributed by atoms with E-state index in [9.17, 15) is 9.59 Å². The first-order valence-electron chi connectivity index (χ1n) is 14.9. The molecule has 0 radical (unpaired) electrons. The highest BCUT2D eigenvalue weighted by Crippen LogP contribution is 2.58. The van der Waals surface area contributed by atoms with Gasteiger partial charge in [-0.05, 0) is 92.6 Å². The van der Waals surface area contributed by atoms with Crippen molar-refractivity contribution >= 4 is 11.9 Å². The number of rotatable bonds is 7. The second-order valence-corrected chi connectivity index (χ2v) is 11.6. The van der Waals surface area contributed by atoms with E-state index in [0.29, 0.717) is 61.8 Å². The van der Waals surface area contributed by atoms with Crippen molar-refractivity contribution < 1.29 is 33.3 Å². The number of carbonyl (C=O) groups excluding carboxylic acids is 2. The second-order valence-electron chi connectivity index (χ2n) is 11.6. The number of hydrogen-bond acceptors (Lipinski definition) is 8. The van der Waals surface area contributed by atoms with Crippen LogP contribution >= 0.6 is 0 Å². The zero-order valence-electron chi connectivity index (χ0n) is 26.0. The fraction of sp³-hybridized carbons (Fsp3) is 0.576. The Kier molecular flexibility index (Phi) is 8.60. The van der Waals surface area contributed by atoms with Gasteiger partial charge in [0.25, 0.3) is 0 Å². The van der Waals surface area contributed by atoms with E-state index in [0.717, 1.165) is 29.7 Å². The lowest BCUT2D eigenvalue weighted by atomic mass is 9.58. The van der Waals surface area contributed by atoms with Gasteiger partial charge in [0.15, 0.2) is 23.0 Å².